The number of rotatable bonds is 9. The zero-order chi connectivity index (χ0) is 40.8. The van der Waals surface area contributed by atoms with Crippen molar-refractivity contribution in [1.82, 2.24) is 5.32 Å². The van der Waals surface area contributed by atoms with E-state index in [0.29, 0.717) is 35.3 Å². The maximum Gasteiger partial charge on any atom is 0.408 e. The lowest BCUT2D eigenvalue weighted by Crippen LogP contribution is -2.64. The maximum absolute atomic E-state index is 15.3. The minimum absolute atomic E-state index is 0.0634. The van der Waals surface area contributed by atoms with Gasteiger partial charge in [-0.25, -0.2) is 9.59 Å². The molecule has 2 bridgehead atoms. The van der Waals surface area contributed by atoms with E-state index >= 15 is 4.79 Å². The van der Waals surface area contributed by atoms with Crippen LogP contribution in [0.5, 0.6) is 0 Å². The summed E-state index contributed by atoms with van der Waals surface area (Å²) in [5.74, 6) is -2.00. The Morgan fingerprint density at radius 1 is 0.929 bits per heavy atom. The summed E-state index contributed by atoms with van der Waals surface area (Å²) in [5.41, 5.74) is -3.03. The fourth-order valence-corrected chi connectivity index (χ4v) is 9.73. The number of ketones is 1. The topological polar surface area (TPSA) is 156 Å². The number of nitrogens with one attached hydrogen (secondary N) is 1. The van der Waals surface area contributed by atoms with E-state index in [-0.39, 0.29) is 37.1 Å². The summed E-state index contributed by atoms with van der Waals surface area (Å²) in [6, 6.07) is 16.8. The molecule has 3 aliphatic carbocycles. The van der Waals surface area contributed by atoms with E-state index in [9.17, 15) is 19.5 Å². The lowest BCUT2D eigenvalue weighted by atomic mass is 9.54. The molecule has 304 valence electrons. The number of ether oxygens (including phenoxy) is 6. The third kappa shape index (κ3) is 7.53. The van der Waals surface area contributed by atoms with Crippen LogP contribution >= 0.6 is 0 Å². The summed E-state index contributed by atoms with van der Waals surface area (Å²) in [6.45, 7) is 13.0. The average molecular weight is 776 g/mol. The highest BCUT2D eigenvalue weighted by Crippen LogP contribution is 2.60. The van der Waals surface area contributed by atoms with Crippen LogP contribution in [0.4, 0.5) is 4.79 Å². The highest BCUT2D eigenvalue weighted by molar-refractivity contribution is 5.93. The van der Waals surface area contributed by atoms with Crippen molar-refractivity contribution in [2.24, 2.45) is 22.7 Å². The van der Waals surface area contributed by atoms with Gasteiger partial charge < -0.3 is 38.8 Å². The Kier molecular flexibility index (Phi) is 11.6. The predicted molar refractivity (Wildman–Crippen MR) is 205 cm³/mol. The molecule has 3 fully saturated rings. The number of amides is 1. The van der Waals surface area contributed by atoms with Gasteiger partial charge in [0, 0.05) is 38.4 Å². The van der Waals surface area contributed by atoms with Gasteiger partial charge in [0.15, 0.2) is 5.78 Å². The van der Waals surface area contributed by atoms with Crippen LogP contribution < -0.4 is 5.32 Å². The molecule has 1 saturated heterocycles. The van der Waals surface area contributed by atoms with Crippen LogP contribution in [-0.2, 0) is 38.0 Å². The normalized spacial score (nSPS) is 32.9. The number of alkyl carbamates (subject to hydrolysis) is 1. The van der Waals surface area contributed by atoms with Crippen LogP contribution in [0, 0.1) is 22.7 Å². The second-order valence-corrected chi connectivity index (χ2v) is 17.5. The number of fused-ring (bicyclic) bond motifs is 5. The van der Waals surface area contributed by atoms with Crippen molar-refractivity contribution in [3.8, 4) is 0 Å². The first kappa shape index (κ1) is 41.5. The molecule has 12 heteroatoms. The van der Waals surface area contributed by atoms with E-state index in [2.05, 4.69) is 5.32 Å². The molecule has 12 nitrogen and oxygen atoms in total. The second kappa shape index (κ2) is 15.7. The molecule has 0 radical (unpaired) electrons. The van der Waals surface area contributed by atoms with E-state index in [1.54, 1.807) is 89.4 Å². The molecule has 2 N–H and O–H groups in total. The standard InChI is InChI=1S/C44H57NO11/c1-25-32(54-35(46)21-30(26-16-12-10-13-17-26)45-40(49)56-41(2,3)4)23-44(50)34(55-39(48)27-18-14-11-15-19-27)20-29-28-24-53-31(28)22-33(51-8)43(29,7)38(47)37(52-9)36(25)42(44,5)6/h10-19,28-34,37,50H,20-24H2,1-9H3,(H,45,49)/t28-,29+,30+,31+,32-,33-,34-,37+,43-,44+/m0/s1. The molecule has 0 aromatic heterocycles. The van der Waals surface area contributed by atoms with Crippen LogP contribution in [-0.4, -0.2) is 91.5 Å². The predicted octanol–water partition coefficient (Wildman–Crippen LogP) is 6.30. The average Bonchev–Trinajstić information content (AvgIpc) is 3.13. The smallest absolute Gasteiger partial charge is 0.408 e. The number of benzene rings is 2. The number of aliphatic hydroxyl groups is 1. The Morgan fingerprint density at radius 3 is 2.14 bits per heavy atom. The largest absolute Gasteiger partial charge is 0.458 e. The second-order valence-electron chi connectivity index (χ2n) is 17.5. The zero-order valence-electron chi connectivity index (χ0n) is 34.0. The molecule has 10 atom stereocenters. The minimum Gasteiger partial charge on any atom is -0.458 e. The van der Waals surface area contributed by atoms with Gasteiger partial charge in [-0.3, -0.25) is 9.59 Å². The molecule has 6 rings (SSSR count). The third-order valence-corrected chi connectivity index (χ3v) is 12.9. The number of carbonyl (C=O) groups excluding carboxylic acids is 4. The van der Waals surface area contributed by atoms with Gasteiger partial charge in [-0.2, -0.15) is 0 Å². The molecule has 0 spiro atoms. The van der Waals surface area contributed by atoms with Crippen molar-refractivity contribution in [3.63, 3.8) is 0 Å². The van der Waals surface area contributed by atoms with Crippen LogP contribution in [0.3, 0.4) is 0 Å². The fourth-order valence-electron chi connectivity index (χ4n) is 9.73. The number of hydrogen-bond donors (Lipinski definition) is 2. The first-order chi connectivity index (χ1) is 26.3. The quantitative estimate of drug-likeness (QED) is 0.168. The number of hydrogen-bond acceptors (Lipinski definition) is 11. The Balaban J connectivity index is 1.43. The number of carbonyl (C=O) groups is 4. The van der Waals surface area contributed by atoms with Gasteiger partial charge in [0.05, 0.1) is 42.3 Å². The van der Waals surface area contributed by atoms with Crippen molar-refractivity contribution in [2.45, 2.75) is 122 Å². The molecule has 2 aromatic carbocycles. The lowest BCUT2D eigenvalue weighted by Gasteiger charge is -2.57. The molecule has 2 aromatic rings. The molecule has 2 saturated carbocycles. The SMILES string of the molecule is CO[C@H]1C(=O)[C@]2(C)[C@@H](OC)C[C@H]3OC[C@H]3[C@H]2C[C@H](OC(=O)c2ccccc2)[C@]2(O)C[C@H](OC(=O)C[C@@H](NC(=O)OC(C)(C)C)c3ccccc3)C(C)=C1C2(C)C. The molecule has 1 heterocycles. The number of Topliss-reactive ketones (excluding diaryl/α,β-unsaturated/α-hetero) is 1. The number of esters is 2. The third-order valence-electron chi connectivity index (χ3n) is 12.9. The molecular weight excluding hydrogens is 718 g/mol. The fraction of sp³-hybridized carbons (Fsp3) is 0.591. The highest BCUT2D eigenvalue weighted by Gasteiger charge is 2.68. The van der Waals surface area contributed by atoms with Crippen molar-refractivity contribution >= 4 is 23.8 Å². The Morgan fingerprint density at radius 2 is 1.57 bits per heavy atom. The van der Waals surface area contributed by atoms with E-state index in [0.717, 1.165) is 0 Å². The monoisotopic (exact) mass is 775 g/mol. The Bertz CT molecular complexity index is 1820. The Hall–Kier alpha value is -4.10. The molecule has 56 heavy (non-hydrogen) atoms. The van der Waals surface area contributed by atoms with E-state index in [1.165, 1.54) is 7.11 Å². The Labute approximate surface area is 329 Å². The maximum atomic E-state index is 15.3. The molecule has 0 unspecified atom stereocenters. The van der Waals surface area contributed by atoms with Gasteiger partial charge >= 0.3 is 18.0 Å². The molecule has 4 aliphatic rings. The van der Waals surface area contributed by atoms with Crippen LogP contribution in [0.25, 0.3) is 0 Å². The summed E-state index contributed by atoms with van der Waals surface area (Å²) < 4.78 is 36.4. The van der Waals surface area contributed by atoms with Crippen molar-refractivity contribution in [2.75, 3.05) is 20.8 Å². The summed E-state index contributed by atoms with van der Waals surface area (Å²) in [6.07, 6.45) is -4.58. The lowest BCUT2D eigenvalue weighted by molar-refractivity contribution is -0.238. The van der Waals surface area contributed by atoms with Crippen molar-refractivity contribution in [3.05, 3.63) is 82.9 Å². The van der Waals surface area contributed by atoms with Crippen molar-refractivity contribution in [1.29, 1.82) is 0 Å². The van der Waals surface area contributed by atoms with Crippen molar-refractivity contribution < 1.29 is 52.7 Å². The zero-order valence-corrected chi connectivity index (χ0v) is 34.0. The van der Waals surface area contributed by atoms with Gasteiger partial charge in [-0.1, -0.05) is 62.4 Å². The van der Waals surface area contributed by atoms with E-state index in [4.69, 9.17) is 28.4 Å². The molecular formula is C44H57NO11. The van der Waals surface area contributed by atoms with Gasteiger partial charge in [-0.05, 0) is 75.8 Å². The van der Waals surface area contributed by atoms with Gasteiger partial charge in [0.1, 0.15) is 29.5 Å². The summed E-state index contributed by atoms with van der Waals surface area (Å²) in [5, 5.41) is 16.2. The van der Waals surface area contributed by atoms with Crippen LogP contribution in [0.15, 0.2) is 71.8 Å². The summed E-state index contributed by atoms with van der Waals surface area (Å²) in [4.78, 5) is 56.2. The van der Waals surface area contributed by atoms with Crippen LogP contribution in [0.2, 0.25) is 0 Å². The van der Waals surface area contributed by atoms with E-state index < -0.39 is 76.4 Å². The van der Waals surface area contributed by atoms with Gasteiger partial charge in [0.25, 0.3) is 0 Å². The highest BCUT2D eigenvalue weighted by atomic mass is 16.6. The van der Waals surface area contributed by atoms with Gasteiger partial charge in [0.2, 0.25) is 0 Å². The first-order valence-corrected chi connectivity index (χ1v) is 19.5. The molecule has 1 aliphatic heterocycles. The van der Waals surface area contributed by atoms with Gasteiger partial charge in [-0.15, -0.1) is 0 Å². The summed E-state index contributed by atoms with van der Waals surface area (Å²) in [7, 11) is 3.04. The summed E-state index contributed by atoms with van der Waals surface area (Å²) >= 11 is 0. The first-order valence-electron chi connectivity index (χ1n) is 19.5. The van der Waals surface area contributed by atoms with Crippen LogP contribution in [0.1, 0.15) is 96.1 Å². The molecule has 1 amide bonds. The minimum atomic E-state index is -1.87. The van der Waals surface area contributed by atoms with E-state index in [1.807, 2.05) is 26.8 Å². The number of methoxy groups -OCH3 is 2.